The van der Waals surface area contributed by atoms with Gasteiger partial charge in [-0.2, -0.15) is 5.10 Å². The summed E-state index contributed by atoms with van der Waals surface area (Å²) in [6, 6.07) is 0. The van der Waals surface area contributed by atoms with Crippen molar-refractivity contribution in [1.82, 2.24) is 14.8 Å². The third kappa shape index (κ3) is 1.61. The summed E-state index contributed by atoms with van der Waals surface area (Å²) in [5, 5.41) is 13.8. The van der Waals surface area contributed by atoms with Crippen molar-refractivity contribution >= 4 is 17.3 Å². The molecule has 0 fully saturated rings. The molecule has 0 unspecified atom stereocenters. The van der Waals surface area contributed by atoms with Gasteiger partial charge in [0.25, 0.3) is 0 Å². The Bertz CT molecular complexity index is 537. The maximum atomic E-state index is 11.1. The van der Waals surface area contributed by atoms with Crippen LogP contribution >= 0.6 is 11.3 Å². The van der Waals surface area contributed by atoms with Gasteiger partial charge in [0.05, 0.1) is 17.5 Å². The Hall–Kier alpha value is -1.69. The van der Waals surface area contributed by atoms with Crippen LogP contribution in [-0.4, -0.2) is 25.8 Å². The zero-order valence-electron chi connectivity index (χ0n) is 9.18. The molecule has 2 aromatic heterocycles. The molecule has 0 spiro atoms. The molecule has 16 heavy (non-hydrogen) atoms. The van der Waals surface area contributed by atoms with Crippen LogP contribution in [0.1, 0.15) is 21.1 Å². The van der Waals surface area contributed by atoms with Gasteiger partial charge in [0.2, 0.25) is 0 Å². The van der Waals surface area contributed by atoms with Crippen LogP contribution in [0.25, 0.3) is 10.6 Å². The summed E-state index contributed by atoms with van der Waals surface area (Å²) >= 11 is 1.48. The molecule has 0 aliphatic carbocycles. The molecule has 5 nitrogen and oxygen atoms in total. The molecule has 0 radical (unpaired) electrons. The summed E-state index contributed by atoms with van der Waals surface area (Å²) in [6.07, 6.45) is 1.54. The highest BCUT2D eigenvalue weighted by atomic mass is 32.1. The zero-order chi connectivity index (χ0) is 11.9. The topological polar surface area (TPSA) is 68.0 Å². The van der Waals surface area contributed by atoms with Crippen molar-refractivity contribution in [3.8, 4) is 10.6 Å². The van der Waals surface area contributed by atoms with Crippen molar-refractivity contribution in [2.75, 3.05) is 0 Å². The number of nitrogens with zero attached hydrogens (tertiary/aromatic N) is 3. The van der Waals surface area contributed by atoms with E-state index < -0.39 is 5.97 Å². The Morgan fingerprint density at radius 1 is 1.50 bits per heavy atom. The van der Waals surface area contributed by atoms with E-state index in [4.69, 9.17) is 5.11 Å². The molecule has 0 bridgehead atoms. The van der Waals surface area contributed by atoms with Gasteiger partial charge in [-0.15, -0.1) is 11.3 Å². The van der Waals surface area contributed by atoms with Gasteiger partial charge in [0.1, 0.15) is 5.01 Å². The van der Waals surface area contributed by atoms with Gasteiger partial charge in [-0.05, 0) is 13.8 Å². The van der Waals surface area contributed by atoms with E-state index in [2.05, 4.69) is 10.1 Å². The zero-order valence-corrected chi connectivity index (χ0v) is 10.00. The predicted octanol–water partition coefficient (Wildman–Crippen LogP) is 1.86. The minimum absolute atomic E-state index is 0.175. The highest BCUT2D eigenvalue weighted by Gasteiger charge is 2.19. The minimum Gasteiger partial charge on any atom is -0.477 e. The Morgan fingerprint density at radius 3 is 2.69 bits per heavy atom. The molecule has 2 aromatic rings. The number of rotatable bonds is 2. The van der Waals surface area contributed by atoms with Gasteiger partial charge in [-0.25, -0.2) is 9.78 Å². The average Bonchev–Trinajstić information content (AvgIpc) is 2.71. The first-order chi connectivity index (χ1) is 7.50. The van der Waals surface area contributed by atoms with Gasteiger partial charge in [-0.1, -0.05) is 0 Å². The van der Waals surface area contributed by atoms with E-state index in [0.29, 0.717) is 10.6 Å². The van der Waals surface area contributed by atoms with Gasteiger partial charge in [0, 0.05) is 11.9 Å². The summed E-state index contributed by atoms with van der Waals surface area (Å²) < 4.78 is 1.35. The Labute approximate surface area is 96.4 Å². The molecule has 0 aromatic carbocycles. The molecular formula is C10H11N3O2S. The molecule has 6 heteroatoms. The van der Waals surface area contributed by atoms with Crippen LogP contribution in [0.5, 0.6) is 0 Å². The number of thiazole rings is 1. The number of hydrogen-bond donors (Lipinski definition) is 1. The molecule has 2 heterocycles. The van der Waals surface area contributed by atoms with Crippen molar-refractivity contribution < 1.29 is 9.90 Å². The van der Waals surface area contributed by atoms with Gasteiger partial charge < -0.3 is 5.11 Å². The second-order valence-electron chi connectivity index (χ2n) is 3.50. The number of hydrogen-bond acceptors (Lipinski definition) is 4. The molecule has 0 amide bonds. The van der Waals surface area contributed by atoms with E-state index in [-0.39, 0.29) is 5.69 Å². The smallest absolute Gasteiger partial charge is 0.354 e. The van der Waals surface area contributed by atoms with Crippen molar-refractivity contribution in [3.63, 3.8) is 0 Å². The molecule has 1 N–H and O–H groups in total. The predicted molar refractivity (Wildman–Crippen MR) is 60.7 cm³/mol. The average molecular weight is 237 g/mol. The molecule has 0 aliphatic rings. The number of carbonyl (C=O) groups is 1. The number of carboxylic acid groups (broad SMARTS) is 1. The van der Waals surface area contributed by atoms with E-state index >= 15 is 0 Å². The Morgan fingerprint density at radius 2 is 2.19 bits per heavy atom. The molecule has 84 valence electrons. The fourth-order valence-corrected chi connectivity index (χ4v) is 2.36. The second kappa shape index (κ2) is 3.71. The number of carboxylic acids is 1. The number of aromatic carboxylic acids is 1. The van der Waals surface area contributed by atoms with Gasteiger partial charge in [0.15, 0.2) is 5.69 Å². The van der Waals surface area contributed by atoms with Crippen molar-refractivity contribution in [2.45, 2.75) is 13.8 Å². The van der Waals surface area contributed by atoms with E-state index in [1.54, 1.807) is 13.2 Å². The highest BCUT2D eigenvalue weighted by molar-refractivity contribution is 7.15. The van der Waals surface area contributed by atoms with E-state index in [1.165, 1.54) is 16.0 Å². The molecular weight excluding hydrogens is 226 g/mol. The monoisotopic (exact) mass is 237 g/mol. The van der Waals surface area contributed by atoms with Crippen LogP contribution in [0, 0.1) is 13.8 Å². The molecule has 0 aliphatic heterocycles. The van der Waals surface area contributed by atoms with Crippen LogP contribution in [0.4, 0.5) is 0 Å². The lowest BCUT2D eigenvalue weighted by Crippen LogP contribution is -2.06. The molecule has 2 rings (SSSR count). The maximum absolute atomic E-state index is 11.1. The van der Waals surface area contributed by atoms with Gasteiger partial charge in [-0.3, -0.25) is 4.68 Å². The normalized spacial score (nSPS) is 10.7. The first-order valence-corrected chi connectivity index (χ1v) is 5.52. The summed E-state index contributed by atoms with van der Waals surface area (Å²) in [5.41, 5.74) is 1.69. The maximum Gasteiger partial charge on any atom is 0.354 e. The molecule has 0 saturated heterocycles. The minimum atomic E-state index is -0.986. The summed E-state index contributed by atoms with van der Waals surface area (Å²) in [4.78, 5) is 16.5. The van der Waals surface area contributed by atoms with Crippen molar-refractivity contribution in [2.24, 2.45) is 7.05 Å². The fraction of sp³-hybridized carbons (Fsp3) is 0.300. The quantitative estimate of drug-likeness (QED) is 0.865. The third-order valence-corrected chi connectivity index (χ3v) is 3.51. The number of aryl methyl sites for hydroxylation is 3. The first kappa shape index (κ1) is 10.8. The van der Waals surface area contributed by atoms with Gasteiger partial charge >= 0.3 is 5.97 Å². The third-order valence-electron chi connectivity index (χ3n) is 2.40. The summed E-state index contributed by atoms with van der Waals surface area (Å²) in [6.45, 7) is 3.87. The van der Waals surface area contributed by atoms with E-state index in [1.807, 2.05) is 13.8 Å². The summed E-state index contributed by atoms with van der Waals surface area (Å²) in [7, 11) is 1.61. The lowest BCUT2D eigenvalue weighted by atomic mass is 10.2. The Balaban J connectivity index is 2.60. The van der Waals surface area contributed by atoms with Crippen LogP contribution in [0.2, 0.25) is 0 Å². The number of aromatic nitrogens is 3. The largest absolute Gasteiger partial charge is 0.477 e. The van der Waals surface area contributed by atoms with Crippen LogP contribution < -0.4 is 0 Å². The standard InChI is InChI=1S/C10H11N3O2S/c1-5-6(2)16-9(12-5)7-4-11-13(3)8(7)10(14)15/h4H,1-3H3,(H,14,15). The van der Waals surface area contributed by atoms with Crippen LogP contribution in [0.3, 0.4) is 0 Å². The van der Waals surface area contributed by atoms with Crippen molar-refractivity contribution in [3.05, 3.63) is 22.5 Å². The SMILES string of the molecule is Cc1nc(-c2cnn(C)c2C(=O)O)sc1C. The lowest BCUT2D eigenvalue weighted by Gasteiger charge is -1.97. The fourth-order valence-electron chi connectivity index (χ4n) is 1.44. The molecule has 0 atom stereocenters. The molecule has 0 saturated carbocycles. The van der Waals surface area contributed by atoms with Crippen LogP contribution in [0.15, 0.2) is 6.20 Å². The Kier molecular flexibility index (Phi) is 2.51. The first-order valence-electron chi connectivity index (χ1n) is 4.70. The van der Waals surface area contributed by atoms with E-state index in [9.17, 15) is 4.79 Å². The van der Waals surface area contributed by atoms with Crippen LogP contribution in [-0.2, 0) is 7.05 Å². The van der Waals surface area contributed by atoms with E-state index in [0.717, 1.165) is 10.6 Å². The highest BCUT2D eigenvalue weighted by Crippen LogP contribution is 2.29. The van der Waals surface area contributed by atoms with Crippen molar-refractivity contribution in [1.29, 1.82) is 0 Å². The lowest BCUT2D eigenvalue weighted by molar-refractivity contribution is 0.0686. The summed E-state index contributed by atoms with van der Waals surface area (Å²) in [5.74, 6) is -0.986. The second-order valence-corrected chi connectivity index (χ2v) is 4.70.